The number of hydrogen-bond donors (Lipinski definition) is 4. The molecule has 1 amide bonds. The molecule has 2 aliphatic heterocycles. The van der Waals surface area contributed by atoms with Crippen LogP contribution in [-0.2, 0) is 4.74 Å². The number of H-pyrrole nitrogens is 1. The van der Waals surface area contributed by atoms with Crippen molar-refractivity contribution in [2.24, 2.45) is 0 Å². The van der Waals surface area contributed by atoms with Gasteiger partial charge in [0, 0.05) is 0 Å². The Hall–Kier alpha value is -3.35. The number of carbonyl (C=O) groups is 2. The number of hydrogen-bond acceptors (Lipinski definition) is 7. The van der Waals surface area contributed by atoms with Crippen LogP contribution in [0.4, 0.5) is 26.2 Å². The Balaban J connectivity index is 1.74. The molecule has 4 N–H and O–H groups in total. The number of cyclic esters (lactones) is 1. The molecule has 0 radical (unpaired) electrons. The van der Waals surface area contributed by atoms with E-state index in [9.17, 15) is 14.0 Å². The molecule has 2 aromatic heterocycles. The number of fused-ring (bicyclic) bond motifs is 3. The van der Waals surface area contributed by atoms with Crippen molar-refractivity contribution in [3.05, 3.63) is 53.7 Å². The van der Waals surface area contributed by atoms with Gasteiger partial charge in [0.05, 0.1) is 0 Å². The second-order valence-corrected chi connectivity index (χ2v) is 10.3. The average Bonchev–Trinajstić information content (AvgIpc) is 3.18. The number of pyridine rings is 1. The number of aromatic amines is 1. The summed E-state index contributed by atoms with van der Waals surface area (Å²) < 4.78 is 24.6. The van der Waals surface area contributed by atoms with E-state index in [4.69, 9.17) is 9.47 Å². The number of benzene rings is 1. The van der Waals surface area contributed by atoms with Crippen LogP contribution in [-0.4, -0.2) is 46.7 Å². The van der Waals surface area contributed by atoms with Crippen LogP contribution in [0.25, 0.3) is 11.3 Å². The minimum absolute atomic E-state index is 0.0353. The van der Waals surface area contributed by atoms with Gasteiger partial charge in [0.1, 0.15) is 0 Å². The third-order valence-corrected chi connectivity index (χ3v) is 8.02. The molecule has 1 atom stereocenters. The molecule has 3 aromatic rings. The monoisotopic (exact) mass is 564 g/mol. The molecule has 5 rings (SSSR count). The summed E-state index contributed by atoms with van der Waals surface area (Å²) in [7, 11) is 1.39. The van der Waals surface area contributed by atoms with Crippen molar-refractivity contribution >= 4 is 26.9 Å². The van der Waals surface area contributed by atoms with Gasteiger partial charge >= 0.3 is 199 Å². The maximum absolute atomic E-state index is 14.4. The standard InChI is InChI=1S/C22H20FIN5O4/c1-32-20-12(23)3-2-4-14(20)28-19-16-18-13(9-27-21(16)30)24-22(31)33-8-7-26-15-10-25-6-5-11(15)17(19)29-18/h2-6,10,13,26,28-29H,7-9H2,1H3,(H,27,30)/q-1/t13-/m0/s1. The van der Waals surface area contributed by atoms with Gasteiger partial charge in [0.15, 0.2) is 0 Å². The third kappa shape index (κ3) is 3.96. The van der Waals surface area contributed by atoms with Gasteiger partial charge in [-0.3, -0.25) is 0 Å². The second-order valence-electron chi connectivity index (χ2n) is 7.33. The number of anilines is 3. The van der Waals surface area contributed by atoms with Gasteiger partial charge in [0.2, 0.25) is 0 Å². The topological polar surface area (TPSA) is 117 Å². The van der Waals surface area contributed by atoms with Crippen LogP contribution in [0.2, 0.25) is 0 Å². The number of halogens is 2. The molecule has 2 bridgehead atoms. The number of methoxy groups -OCH3 is 1. The van der Waals surface area contributed by atoms with Crippen LogP contribution < -0.4 is 41.9 Å². The molecule has 0 fully saturated rings. The van der Waals surface area contributed by atoms with Crippen molar-refractivity contribution < 1.29 is 44.7 Å². The Labute approximate surface area is 198 Å². The van der Waals surface area contributed by atoms with Crippen molar-refractivity contribution in [1.82, 2.24) is 15.3 Å². The van der Waals surface area contributed by atoms with Gasteiger partial charge in [0.25, 0.3) is 0 Å². The average molecular weight is 564 g/mol. The third-order valence-electron chi connectivity index (χ3n) is 5.39. The van der Waals surface area contributed by atoms with E-state index in [1.807, 2.05) is 6.07 Å². The summed E-state index contributed by atoms with van der Waals surface area (Å²) in [5.74, 6) is -0.771. The van der Waals surface area contributed by atoms with Crippen LogP contribution in [0.5, 0.6) is 5.75 Å². The summed E-state index contributed by atoms with van der Waals surface area (Å²) in [6, 6.07) is 6.36. The van der Waals surface area contributed by atoms with Gasteiger partial charge in [-0.05, 0) is 0 Å². The fraction of sp³-hybridized carbons (Fsp3) is 0.227. The van der Waals surface area contributed by atoms with Crippen molar-refractivity contribution in [3.8, 4) is 17.0 Å². The molecule has 4 heterocycles. The van der Waals surface area contributed by atoms with E-state index in [-0.39, 0.29) is 26.2 Å². The number of ether oxygens (including phenoxy) is 2. The minimum atomic E-state index is -1.06. The van der Waals surface area contributed by atoms with Gasteiger partial charge in [-0.2, -0.15) is 0 Å². The molecule has 11 heteroatoms. The van der Waals surface area contributed by atoms with E-state index in [1.165, 1.54) is 13.2 Å². The zero-order valence-electron chi connectivity index (χ0n) is 17.5. The van der Waals surface area contributed by atoms with E-state index < -0.39 is 27.0 Å². The number of carbonyl (C=O) groups excluding carboxylic acids is 2. The van der Waals surface area contributed by atoms with Crippen molar-refractivity contribution in [2.75, 3.05) is 37.4 Å². The molecule has 0 aliphatic carbocycles. The van der Waals surface area contributed by atoms with Crippen molar-refractivity contribution in [3.63, 3.8) is 0 Å². The molecule has 33 heavy (non-hydrogen) atoms. The number of aromatic nitrogens is 2. The first-order valence-corrected chi connectivity index (χ1v) is 12.5. The van der Waals surface area contributed by atoms with Crippen LogP contribution in [0.3, 0.4) is 0 Å². The Morgan fingerprint density at radius 1 is 1.27 bits per heavy atom. The fourth-order valence-electron chi connectivity index (χ4n) is 3.94. The van der Waals surface area contributed by atoms with E-state index in [0.29, 0.717) is 47.1 Å². The first-order valence-electron chi connectivity index (χ1n) is 10.2. The van der Waals surface area contributed by atoms with Crippen LogP contribution in [0, 0.1) is 5.82 Å². The number of nitrogens with zero attached hydrogens (tertiary/aromatic N) is 1. The van der Waals surface area contributed by atoms with E-state index in [0.717, 1.165) is 5.56 Å². The zero-order chi connectivity index (χ0) is 22.9. The van der Waals surface area contributed by atoms with E-state index in [1.54, 1.807) is 24.5 Å². The van der Waals surface area contributed by atoms with Gasteiger partial charge < -0.3 is 0 Å². The first-order chi connectivity index (χ1) is 16.1. The number of alkyl halides is 1. The molecule has 172 valence electrons. The second kappa shape index (κ2) is 8.89. The molecule has 9 nitrogen and oxygen atoms in total. The van der Waals surface area contributed by atoms with Gasteiger partial charge in [-0.15, -0.1) is 0 Å². The number of nitrogens with one attached hydrogen (secondary N) is 4. The predicted octanol–water partition coefficient (Wildman–Crippen LogP) is 0.404. The summed E-state index contributed by atoms with van der Waals surface area (Å²) in [5, 5.41) is 9.34. The van der Waals surface area contributed by atoms with Gasteiger partial charge in [-0.1, -0.05) is 0 Å². The van der Waals surface area contributed by atoms with Crippen molar-refractivity contribution in [1.29, 1.82) is 0 Å². The number of para-hydroxylation sites is 1. The zero-order valence-corrected chi connectivity index (χ0v) is 19.7. The molecule has 1 aromatic carbocycles. The van der Waals surface area contributed by atoms with Crippen LogP contribution >= 0.6 is 0 Å². The predicted molar refractivity (Wildman–Crippen MR) is 115 cm³/mol. The molecule has 0 unspecified atom stereocenters. The van der Waals surface area contributed by atoms with Gasteiger partial charge in [-0.25, -0.2) is 0 Å². The van der Waals surface area contributed by atoms with Crippen LogP contribution in [0.1, 0.15) is 20.0 Å². The summed E-state index contributed by atoms with van der Waals surface area (Å²) in [6.07, 6.45) is 3.32. The molecule has 2 aliphatic rings. The SMILES string of the molecule is COc1c(F)cccc1Nc1c2[nH]c3c1C(=O)NC[C@@H]3[I-]C(=O)OCCNc1cnccc1-2. The summed E-state index contributed by atoms with van der Waals surface area (Å²) in [6.45, 7) is 0.991. The van der Waals surface area contributed by atoms with E-state index >= 15 is 0 Å². The number of rotatable bonds is 3. The molecular weight excluding hydrogens is 544 g/mol. The molecule has 0 spiro atoms. The Kier molecular flexibility index (Phi) is 5.79. The molecule has 0 saturated carbocycles. The summed E-state index contributed by atoms with van der Waals surface area (Å²) in [4.78, 5) is 33.0. The first kappa shape index (κ1) is 21.5. The summed E-state index contributed by atoms with van der Waals surface area (Å²) >= 11 is -1.06. The Morgan fingerprint density at radius 2 is 2.15 bits per heavy atom. The summed E-state index contributed by atoms with van der Waals surface area (Å²) in [5.41, 5.74) is 4.01. The Bertz CT molecular complexity index is 1250. The quantitative estimate of drug-likeness (QED) is 0.207. The molecule has 0 saturated heterocycles. The van der Waals surface area contributed by atoms with Crippen LogP contribution in [0.15, 0.2) is 36.7 Å². The maximum atomic E-state index is 14.4. The number of amides is 1. The normalized spacial score (nSPS) is 17.7. The fourth-order valence-corrected chi connectivity index (χ4v) is 6.17. The van der Waals surface area contributed by atoms with E-state index in [2.05, 4.69) is 25.9 Å². The molecular formula is C22H20FIN5O4-. The Morgan fingerprint density at radius 3 is 3.00 bits per heavy atom. The van der Waals surface area contributed by atoms with Crippen molar-refractivity contribution in [2.45, 2.75) is 3.92 Å².